The summed E-state index contributed by atoms with van der Waals surface area (Å²) in [6.07, 6.45) is 0.0256. The Hall–Kier alpha value is -4.59. The van der Waals surface area contributed by atoms with Gasteiger partial charge in [0.05, 0.1) is 29.6 Å². The van der Waals surface area contributed by atoms with Crippen LogP contribution in [0.1, 0.15) is 34.8 Å². The molecule has 3 N–H and O–H groups in total. The Morgan fingerprint density at radius 3 is 2.43 bits per heavy atom. The van der Waals surface area contributed by atoms with E-state index in [1.807, 2.05) is 37.3 Å². The second-order valence-electron chi connectivity index (χ2n) is 7.74. The van der Waals surface area contributed by atoms with E-state index in [1.165, 1.54) is 7.11 Å². The summed E-state index contributed by atoms with van der Waals surface area (Å²) in [5.41, 5.74) is 3.57. The Morgan fingerprint density at radius 2 is 1.74 bits per heavy atom. The lowest BCUT2D eigenvalue weighted by Crippen LogP contribution is -2.23. The molecule has 0 fully saturated rings. The first-order valence-electron chi connectivity index (χ1n) is 11.1. The number of ether oxygens (including phenoxy) is 2. The molecule has 1 amide bonds. The molecule has 0 saturated carbocycles. The van der Waals surface area contributed by atoms with E-state index in [2.05, 4.69) is 15.0 Å². The zero-order chi connectivity index (χ0) is 24.8. The molecule has 0 atom stereocenters. The summed E-state index contributed by atoms with van der Waals surface area (Å²) in [7, 11) is 1.23. The van der Waals surface area contributed by atoms with Crippen molar-refractivity contribution in [2.24, 2.45) is 4.99 Å². The van der Waals surface area contributed by atoms with Crippen LogP contribution in [0, 0.1) is 0 Å². The molecule has 0 radical (unpaired) electrons. The molecule has 8 nitrogen and oxygen atoms in total. The SMILES string of the molecule is CCCNC(=O)c1ccc(N=C(c2ccccc2)c2c(O)[nH]c3cc(OC(=O)OC)ccc23)cc1. The summed E-state index contributed by atoms with van der Waals surface area (Å²) < 4.78 is 9.63. The predicted octanol–water partition coefficient (Wildman–Crippen LogP) is 5.33. The Kier molecular flexibility index (Phi) is 7.11. The monoisotopic (exact) mass is 471 g/mol. The summed E-state index contributed by atoms with van der Waals surface area (Å²) in [6, 6.07) is 21.4. The average molecular weight is 472 g/mol. The smallest absolute Gasteiger partial charge is 0.494 e. The molecular formula is C27H25N3O5. The molecule has 4 rings (SSSR count). The Labute approximate surface area is 202 Å². The molecule has 0 unspecified atom stereocenters. The van der Waals surface area contributed by atoms with E-state index in [-0.39, 0.29) is 17.5 Å². The van der Waals surface area contributed by atoms with Gasteiger partial charge in [0.25, 0.3) is 5.91 Å². The number of carbonyl (C=O) groups is 2. The zero-order valence-electron chi connectivity index (χ0n) is 19.4. The van der Waals surface area contributed by atoms with E-state index in [0.29, 0.717) is 40.0 Å². The highest BCUT2D eigenvalue weighted by Gasteiger charge is 2.19. The van der Waals surface area contributed by atoms with Crippen LogP contribution in [0.15, 0.2) is 77.8 Å². The van der Waals surface area contributed by atoms with Crippen molar-refractivity contribution in [3.8, 4) is 11.6 Å². The van der Waals surface area contributed by atoms with Crippen molar-refractivity contribution < 1.29 is 24.2 Å². The van der Waals surface area contributed by atoms with Gasteiger partial charge in [0, 0.05) is 29.1 Å². The third-order valence-electron chi connectivity index (χ3n) is 5.31. The van der Waals surface area contributed by atoms with Crippen molar-refractivity contribution in [3.05, 3.63) is 89.5 Å². The lowest BCUT2D eigenvalue weighted by atomic mass is 10.0. The number of carbonyl (C=O) groups excluding carboxylic acids is 2. The molecule has 0 aliphatic heterocycles. The molecule has 1 heterocycles. The van der Waals surface area contributed by atoms with Gasteiger partial charge in [0.2, 0.25) is 0 Å². The molecule has 35 heavy (non-hydrogen) atoms. The first-order valence-corrected chi connectivity index (χ1v) is 11.1. The first kappa shape index (κ1) is 23.6. The summed E-state index contributed by atoms with van der Waals surface area (Å²) >= 11 is 0. The second-order valence-corrected chi connectivity index (χ2v) is 7.74. The van der Waals surface area contributed by atoms with Gasteiger partial charge in [0.1, 0.15) is 5.75 Å². The van der Waals surface area contributed by atoms with Crippen molar-refractivity contribution in [2.45, 2.75) is 13.3 Å². The summed E-state index contributed by atoms with van der Waals surface area (Å²) in [4.78, 5) is 31.4. The number of H-pyrrole nitrogens is 1. The molecule has 0 saturated heterocycles. The molecule has 4 aromatic rings. The topological polar surface area (TPSA) is 113 Å². The fraction of sp³-hybridized carbons (Fsp3) is 0.148. The molecular weight excluding hydrogens is 446 g/mol. The summed E-state index contributed by atoms with van der Waals surface area (Å²) in [5.74, 6) is 0.0607. The van der Waals surface area contributed by atoms with E-state index in [0.717, 1.165) is 12.0 Å². The Morgan fingerprint density at radius 1 is 1.00 bits per heavy atom. The maximum absolute atomic E-state index is 12.2. The number of rotatable bonds is 7. The van der Waals surface area contributed by atoms with Gasteiger partial charge in [-0.1, -0.05) is 37.3 Å². The van der Waals surface area contributed by atoms with E-state index < -0.39 is 6.16 Å². The zero-order valence-corrected chi connectivity index (χ0v) is 19.4. The fourth-order valence-electron chi connectivity index (χ4n) is 3.62. The van der Waals surface area contributed by atoms with Crippen molar-refractivity contribution in [1.29, 1.82) is 0 Å². The molecule has 0 bridgehead atoms. The molecule has 178 valence electrons. The number of aliphatic imine (C=N–C) groups is 1. The minimum absolute atomic E-state index is 0.0756. The molecule has 3 aromatic carbocycles. The number of benzene rings is 3. The highest BCUT2D eigenvalue weighted by Crippen LogP contribution is 2.33. The second kappa shape index (κ2) is 10.6. The van der Waals surface area contributed by atoms with Crippen molar-refractivity contribution >= 4 is 34.4 Å². The minimum Gasteiger partial charge on any atom is -0.494 e. The summed E-state index contributed by atoms with van der Waals surface area (Å²) in [6.45, 7) is 2.61. The number of fused-ring (bicyclic) bond motifs is 1. The van der Waals surface area contributed by atoms with Gasteiger partial charge in [-0.15, -0.1) is 0 Å². The Balaban J connectivity index is 1.77. The van der Waals surface area contributed by atoms with Crippen molar-refractivity contribution in [3.63, 3.8) is 0 Å². The van der Waals surface area contributed by atoms with Crippen LogP contribution in [0.25, 0.3) is 10.9 Å². The maximum atomic E-state index is 12.2. The third-order valence-corrected chi connectivity index (χ3v) is 5.31. The number of aromatic amines is 1. The maximum Gasteiger partial charge on any atom is 0.513 e. The highest BCUT2D eigenvalue weighted by molar-refractivity contribution is 6.22. The van der Waals surface area contributed by atoms with Gasteiger partial charge in [-0.3, -0.25) is 4.79 Å². The van der Waals surface area contributed by atoms with Crippen LogP contribution < -0.4 is 10.1 Å². The average Bonchev–Trinajstić information content (AvgIpc) is 3.21. The van der Waals surface area contributed by atoms with Gasteiger partial charge in [-0.2, -0.15) is 0 Å². The van der Waals surface area contributed by atoms with Gasteiger partial charge in [-0.25, -0.2) is 9.79 Å². The number of methoxy groups -OCH3 is 1. The lowest BCUT2D eigenvalue weighted by molar-refractivity contribution is 0.0953. The van der Waals surface area contributed by atoms with E-state index in [4.69, 9.17) is 9.73 Å². The van der Waals surface area contributed by atoms with Crippen LogP contribution in [-0.2, 0) is 4.74 Å². The van der Waals surface area contributed by atoms with Crippen LogP contribution in [-0.4, -0.2) is 41.5 Å². The van der Waals surface area contributed by atoms with Crippen LogP contribution in [0.5, 0.6) is 11.6 Å². The largest absolute Gasteiger partial charge is 0.513 e. The number of amides is 1. The number of aromatic hydroxyl groups is 1. The van der Waals surface area contributed by atoms with Crippen molar-refractivity contribution in [1.82, 2.24) is 10.3 Å². The van der Waals surface area contributed by atoms with Gasteiger partial charge in [-0.05, 0) is 42.8 Å². The van der Waals surface area contributed by atoms with Gasteiger partial charge in [0.15, 0.2) is 5.88 Å². The fourth-order valence-corrected chi connectivity index (χ4v) is 3.62. The minimum atomic E-state index is -0.835. The van der Waals surface area contributed by atoms with E-state index in [1.54, 1.807) is 42.5 Å². The first-order chi connectivity index (χ1) is 17.0. The number of hydrogen-bond acceptors (Lipinski definition) is 6. The molecule has 0 aliphatic rings. The summed E-state index contributed by atoms with van der Waals surface area (Å²) in [5, 5.41) is 14.4. The van der Waals surface area contributed by atoms with Crippen LogP contribution >= 0.6 is 0 Å². The van der Waals surface area contributed by atoms with Gasteiger partial charge < -0.3 is 24.9 Å². The standard InChI is InChI=1S/C27H25N3O5/c1-3-15-28-25(31)18-9-11-19(12-10-18)29-24(17-7-5-4-6-8-17)23-21-14-13-20(35-27(33)34-2)16-22(21)30-26(23)32/h4-14,16,30,32H,3,15H2,1-2H3,(H,28,31). The predicted molar refractivity (Wildman–Crippen MR) is 134 cm³/mol. The van der Waals surface area contributed by atoms with Crippen LogP contribution in [0.3, 0.4) is 0 Å². The van der Waals surface area contributed by atoms with E-state index in [9.17, 15) is 14.7 Å². The van der Waals surface area contributed by atoms with Crippen molar-refractivity contribution in [2.75, 3.05) is 13.7 Å². The number of aromatic nitrogens is 1. The number of nitrogens with zero attached hydrogens (tertiary/aromatic N) is 1. The van der Waals surface area contributed by atoms with E-state index >= 15 is 0 Å². The number of nitrogens with one attached hydrogen (secondary N) is 2. The Bertz CT molecular complexity index is 1380. The third kappa shape index (κ3) is 5.33. The highest BCUT2D eigenvalue weighted by atomic mass is 16.7. The van der Waals surface area contributed by atoms with Crippen LogP contribution in [0.4, 0.5) is 10.5 Å². The normalized spacial score (nSPS) is 11.3. The quantitative estimate of drug-likeness (QED) is 0.192. The molecule has 0 spiro atoms. The van der Waals surface area contributed by atoms with Crippen LogP contribution in [0.2, 0.25) is 0 Å². The lowest BCUT2D eigenvalue weighted by Gasteiger charge is -2.09. The molecule has 0 aliphatic carbocycles. The number of hydrogen-bond donors (Lipinski definition) is 3. The molecule has 1 aromatic heterocycles. The van der Waals surface area contributed by atoms with Gasteiger partial charge >= 0.3 is 6.16 Å². The molecule has 8 heteroatoms.